The van der Waals surface area contributed by atoms with Crippen LogP contribution in [0.15, 0.2) is 24.3 Å². The Morgan fingerprint density at radius 2 is 2.25 bits per heavy atom. The van der Waals surface area contributed by atoms with Crippen molar-refractivity contribution in [2.24, 2.45) is 0 Å². The van der Waals surface area contributed by atoms with E-state index in [1.165, 1.54) is 11.3 Å². The average molecular weight is 276 g/mol. The van der Waals surface area contributed by atoms with Gasteiger partial charge in [0, 0.05) is 30.9 Å². The van der Waals surface area contributed by atoms with E-state index < -0.39 is 0 Å². The van der Waals surface area contributed by atoms with Gasteiger partial charge in [0.1, 0.15) is 0 Å². The second-order valence-corrected chi connectivity index (χ2v) is 5.42. The number of fused-ring (bicyclic) bond motifs is 1. The molecule has 0 aromatic heterocycles. The first-order valence-electron chi connectivity index (χ1n) is 7.35. The number of ether oxygens (including phenoxy) is 1. The van der Waals surface area contributed by atoms with Gasteiger partial charge >= 0.3 is 5.97 Å². The second kappa shape index (κ2) is 6.75. The molecule has 2 rings (SSSR count). The van der Waals surface area contributed by atoms with Crippen LogP contribution in [0.25, 0.3) is 0 Å². The van der Waals surface area contributed by atoms with E-state index in [9.17, 15) is 4.79 Å². The number of carbonyl (C=O) groups excluding carboxylic acids is 1. The van der Waals surface area contributed by atoms with E-state index in [1.807, 2.05) is 6.92 Å². The molecule has 0 aliphatic carbocycles. The van der Waals surface area contributed by atoms with Crippen molar-refractivity contribution in [2.45, 2.75) is 45.8 Å². The molecule has 0 fully saturated rings. The normalized spacial score (nSPS) is 19.9. The molecular weight excluding hydrogens is 252 g/mol. The van der Waals surface area contributed by atoms with Crippen molar-refractivity contribution >= 4 is 11.7 Å². The highest BCUT2D eigenvalue weighted by molar-refractivity contribution is 5.71. The third kappa shape index (κ3) is 3.51. The van der Waals surface area contributed by atoms with Crippen LogP contribution in [0.2, 0.25) is 0 Å². The van der Waals surface area contributed by atoms with E-state index in [0.29, 0.717) is 19.1 Å². The number of carbonyl (C=O) groups is 1. The van der Waals surface area contributed by atoms with Gasteiger partial charge in [0.25, 0.3) is 0 Å². The SMILES string of the molecule is CCOC(=O)CC(C)N1CC(C)NCc2ccccc21. The Morgan fingerprint density at radius 3 is 3.00 bits per heavy atom. The van der Waals surface area contributed by atoms with Crippen molar-refractivity contribution in [1.82, 2.24) is 5.32 Å². The molecule has 20 heavy (non-hydrogen) atoms. The minimum absolute atomic E-state index is 0.123. The Hall–Kier alpha value is -1.55. The summed E-state index contributed by atoms with van der Waals surface area (Å²) in [6.07, 6.45) is 0.425. The van der Waals surface area contributed by atoms with Crippen LogP contribution in [0, 0.1) is 0 Å². The van der Waals surface area contributed by atoms with Gasteiger partial charge in [-0.1, -0.05) is 18.2 Å². The molecule has 0 bridgehead atoms. The molecule has 0 radical (unpaired) electrons. The Balaban J connectivity index is 2.17. The maximum Gasteiger partial charge on any atom is 0.307 e. The predicted octanol–water partition coefficient (Wildman–Crippen LogP) is 2.33. The number of esters is 1. The standard InChI is InChI=1S/C16H24N2O2/c1-4-20-16(19)9-13(3)18-11-12(2)17-10-14-7-5-6-8-15(14)18/h5-8,12-13,17H,4,9-11H2,1-3H3. The quantitative estimate of drug-likeness (QED) is 0.857. The lowest BCUT2D eigenvalue weighted by molar-refractivity contribution is -0.143. The number of hydrogen-bond donors (Lipinski definition) is 1. The number of nitrogens with one attached hydrogen (secondary N) is 1. The zero-order valence-corrected chi connectivity index (χ0v) is 12.6. The third-order valence-electron chi connectivity index (χ3n) is 3.71. The summed E-state index contributed by atoms with van der Waals surface area (Å²) in [7, 11) is 0. The van der Waals surface area contributed by atoms with Crippen molar-refractivity contribution in [2.75, 3.05) is 18.1 Å². The van der Waals surface area contributed by atoms with Crippen LogP contribution in [0.3, 0.4) is 0 Å². The summed E-state index contributed by atoms with van der Waals surface area (Å²) in [6, 6.07) is 8.93. The molecule has 0 saturated carbocycles. The van der Waals surface area contributed by atoms with Gasteiger partial charge in [0.05, 0.1) is 13.0 Å². The third-order valence-corrected chi connectivity index (χ3v) is 3.71. The summed E-state index contributed by atoms with van der Waals surface area (Å²) < 4.78 is 5.07. The lowest BCUT2D eigenvalue weighted by Crippen LogP contribution is -2.42. The number of rotatable bonds is 4. The highest BCUT2D eigenvalue weighted by atomic mass is 16.5. The average Bonchev–Trinajstić information content (AvgIpc) is 2.59. The highest BCUT2D eigenvalue weighted by Crippen LogP contribution is 2.26. The molecule has 1 aromatic rings. The molecule has 1 N–H and O–H groups in total. The van der Waals surface area contributed by atoms with E-state index in [2.05, 4.69) is 48.3 Å². The van der Waals surface area contributed by atoms with Crippen LogP contribution in [-0.4, -0.2) is 31.2 Å². The molecular formula is C16H24N2O2. The minimum atomic E-state index is -0.123. The minimum Gasteiger partial charge on any atom is -0.466 e. The Bertz CT molecular complexity index is 462. The first kappa shape index (κ1) is 14.9. The summed E-state index contributed by atoms with van der Waals surface area (Å²) in [6.45, 7) is 8.33. The van der Waals surface area contributed by atoms with E-state index >= 15 is 0 Å². The molecule has 2 atom stereocenters. The lowest BCUT2D eigenvalue weighted by atomic mass is 10.1. The fourth-order valence-electron chi connectivity index (χ4n) is 2.67. The van der Waals surface area contributed by atoms with Gasteiger partial charge in [-0.05, 0) is 32.4 Å². The molecule has 0 amide bonds. The van der Waals surface area contributed by atoms with Gasteiger partial charge in [-0.2, -0.15) is 0 Å². The first-order chi connectivity index (χ1) is 9.61. The molecule has 1 heterocycles. The molecule has 0 saturated heterocycles. The van der Waals surface area contributed by atoms with E-state index in [1.54, 1.807) is 0 Å². The van der Waals surface area contributed by atoms with Crippen molar-refractivity contribution in [3.63, 3.8) is 0 Å². The van der Waals surface area contributed by atoms with Gasteiger partial charge < -0.3 is 15.0 Å². The van der Waals surface area contributed by atoms with Crippen molar-refractivity contribution in [1.29, 1.82) is 0 Å². The van der Waals surface area contributed by atoms with Crippen LogP contribution in [-0.2, 0) is 16.1 Å². The van der Waals surface area contributed by atoms with Crippen molar-refractivity contribution in [3.8, 4) is 0 Å². The highest BCUT2D eigenvalue weighted by Gasteiger charge is 2.24. The zero-order valence-electron chi connectivity index (χ0n) is 12.6. The van der Waals surface area contributed by atoms with Crippen molar-refractivity contribution < 1.29 is 9.53 Å². The van der Waals surface area contributed by atoms with Gasteiger partial charge in [-0.25, -0.2) is 0 Å². The van der Waals surface area contributed by atoms with E-state index in [4.69, 9.17) is 4.74 Å². The van der Waals surface area contributed by atoms with Gasteiger partial charge in [-0.3, -0.25) is 4.79 Å². The van der Waals surface area contributed by atoms with Crippen LogP contribution in [0.5, 0.6) is 0 Å². The molecule has 2 unspecified atom stereocenters. The monoisotopic (exact) mass is 276 g/mol. The summed E-state index contributed by atoms with van der Waals surface area (Å²) in [5.74, 6) is -0.123. The molecule has 4 nitrogen and oxygen atoms in total. The van der Waals surface area contributed by atoms with Crippen molar-refractivity contribution in [3.05, 3.63) is 29.8 Å². The van der Waals surface area contributed by atoms with Crippen LogP contribution in [0.1, 0.15) is 32.8 Å². The largest absolute Gasteiger partial charge is 0.466 e. The Labute approximate surface area is 121 Å². The molecule has 1 aromatic carbocycles. The zero-order chi connectivity index (χ0) is 14.5. The molecule has 1 aliphatic heterocycles. The smallest absolute Gasteiger partial charge is 0.307 e. The number of nitrogens with zero attached hydrogens (tertiary/aromatic N) is 1. The fraction of sp³-hybridized carbons (Fsp3) is 0.562. The molecule has 110 valence electrons. The second-order valence-electron chi connectivity index (χ2n) is 5.42. The first-order valence-corrected chi connectivity index (χ1v) is 7.35. The summed E-state index contributed by atoms with van der Waals surface area (Å²) in [5.41, 5.74) is 2.51. The fourth-order valence-corrected chi connectivity index (χ4v) is 2.67. The lowest BCUT2D eigenvalue weighted by Gasteiger charge is -2.32. The number of benzene rings is 1. The Morgan fingerprint density at radius 1 is 1.50 bits per heavy atom. The Kier molecular flexibility index (Phi) is 5.01. The molecule has 4 heteroatoms. The topological polar surface area (TPSA) is 41.6 Å². The maximum absolute atomic E-state index is 11.7. The molecule has 0 spiro atoms. The van der Waals surface area contributed by atoms with Crippen LogP contribution < -0.4 is 10.2 Å². The predicted molar refractivity (Wildman–Crippen MR) is 80.8 cm³/mol. The van der Waals surface area contributed by atoms with E-state index in [-0.39, 0.29) is 12.0 Å². The van der Waals surface area contributed by atoms with Gasteiger partial charge in [0.2, 0.25) is 0 Å². The van der Waals surface area contributed by atoms with Gasteiger partial charge in [0.15, 0.2) is 0 Å². The van der Waals surface area contributed by atoms with Crippen LogP contribution in [0.4, 0.5) is 5.69 Å². The number of para-hydroxylation sites is 1. The van der Waals surface area contributed by atoms with Crippen LogP contribution >= 0.6 is 0 Å². The summed E-state index contributed by atoms with van der Waals surface area (Å²) in [5, 5.41) is 3.51. The maximum atomic E-state index is 11.7. The molecule has 1 aliphatic rings. The van der Waals surface area contributed by atoms with Gasteiger partial charge in [-0.15, -0.1) is 0 Å². The summed E-state index contributed by atoms with van der Waals surface area (Å²) in [4.78, 5) is 14.0. The number of anilines is 1. The summed E-state index contributed by atoms with van der Waals surface area (Å²) >= 11 is 0. The number of hydrogen-bond acceptors (Lipinski definition) is 4. The van der Waals surface area contributed by atoms with E-state index in [0.717, 1.165) is 13.1 Å².